The molecule has 0 aliphatic heterocycles. The predicted octanol–water partition coefficient (Wildman–Crippen LogP) is 3.65. The van der Waals surface area contributed by atoms with Crippen LogP contribution in [-0.2, 0) is 4.79 Å². The van der Waals surface area contributed by atoms with E-state index in [1.54, 1.807) is 0 Å². The highest BCUT2D eigenvalue weighted by Crippen LogP contribution is 2.32. The lowest BCUT2D eigenvalue weighted by molar-refractivity contribution is -0.122. The van der Waals surface area contributed by atoms with Gasteiger partial charge < -0.3 is 10.5 Å². The van der Waals surface area contributed by atoms with Gasteiger partial charge in [0, 0.05) is 5.39 Å². The fourth-order valence-corrected chi connectivity index (χ4v) is 2.52. The number of carbonyl (C=O) groups is 1. The molecule has 0 aromatic heterocycles. The molecule has 1 amide bonds. The van der Waals surface area contributed by atoms with E-state index in [0.29, 0.717) is 0 Å². The lowest BCUT2D eigenvalue weighted by Crippen LogP contribution is -2.39. The van der Waals surface area contributed by atoms with Gasteiger partial charge in [-0.25, -0.2) is 0 Å². The summed E-state index contributed by atoms with van der Waals surface area (Å²) in [5.74, 6) is 0.488. The molecule has 0 bridgehead atoms. The Labute approximate surface area is 119 Å². The minimum Gasteiger partial charge on any atom is -0.486 e. The number of hydrogen-bond acceptors (Lipinski definition) is 2. The lowest BCUT2D eigenvalue weighted by Gasteiger charge is -2.32. The van der Waals surface area contributed by atoms with Gasteiger partial charge in [0.2, 0.25) is 5.91 Å². The second-order valence-electron chi connectivity index (χ2n) is 5.11. The van der Waals surface area contributed by atoms with Gasteiger partial charge in [0.25, 0.3) is 0 Å². The van der Waals surface area contributed by atoms with Gasteiger partial charge in [-0.1, -0.05) is 50.2 Å². The first-order chi connectivity index (χ1) is 9.60. The van der Waals surface area contributed by atoms with E-state index in [-0.39, 0.29) is 12.3 Å². The summed E-state index contributed by atoms with van der Waals surface area (Å²) in [7, 11) is 0. The van der Waals surface area contributed by atoms with E-state index in [4.69, 9.17) is 10.5 Å². The maximum absolute atomic E-state index is 11.3. The standard InChI is InChI=1S/C17H21NO2/c1-3-17(4-2,12-16(18)19)20-15-11-7-9-13-8-5-6-10-14(13)15/h5-11H,3-4,12H2,1-2H3,(H2,18,19). The molecule has 3 nitrogen and oxygen atoms in total. The third-order valence-corrected chi connectivity index (χ3v) is 3.86. The minimum atomic E-state index is -0.518. The van der Waals surface area contributed by atoms with E-state index < -0.39 is 5.60 Å². The monoisotopic (exact) mass is 271 g/mol. The average molecular weight is 271 g/mol. The van der Waals surface area contributed by atoms with Crippen molar-refractivity contribution in [3.8, 4) is 5.75 Å². The van der Waals surface area contributed by atoms with Crippen LogP contribution in [0.5, 0.6) is 5.75 Å². The molecule has 2 rings (SSSR count). The van der Waals surface area contributed by atoms with Gasteiger partial charge >= 0.3 is 0 Å². The van der Waals surface area contributed by atoms with Crippen LogP contribution in [0.4, 0.5) is 0 Å². The fourth-order valence-electron chi connectivity index (χ4n) is 2.52. The molecule has 0 saturated heterocycles. The van der Waals surface area contributed by atoms with Crippen LogP contribution >= 0.6 is 0 Å². The van der Waals surface area contributed by atoms with Gasteiger partial charge in [0.15, 0.2) is 0 Å². The van der Waals surface area contributed by atoms with Gasteiger partial charge in [-0.3, -0.25) is 4.79 Å². The number of carbonyl (C=O) groups excluding carboxylic acids is 1. The van der Waals surface area contributed by atoms with Gasteiger partial charge in [0.1, 0.15) is 11.4 Å². The van der Waals surface area contributed by atoms with Crippen molar-refractivity contribution in [2.24, 2.45) is 5.73 Å². The van der Waals surface area contributed by atoms with Crippen molar-refractivity contribution in [1.29, 1.82) is 0 Å². The molecule has 3 heteroatoms. The van der Waals surface area contributed by atoms with Gasteiger partial charge in [-0.15, -0.1) is 0 Å². The second kappa shape index (κ2) is 5.95. The quantitative estimate of drug-likeness (QED) is 0.871. The Bertz CT molecular complexity index is 597. The Morgan fingerprint density at radius 1 is 1.10 bits per heavy atom. The van der Waals surface area contributed by atoms with Crippen LogP contribution in [0, 0.1) is 0 Å². The third kappa shape index (κ3) is 2.93. The van der Waals surface area contributed by atoms with E-state index >= 15 is 0 Å². The molecule has 0 fully saturated rings. The fraction of sp³-hybridized carbons (Fsp3) is 0.353. The van der Waals surface area contributed by atoms with E-state index in [1.807, 2.05) is 44.2 Å². The van der Waals surface area contributed by atoms with Crippen molar-refractivity contribution in [3.63, 3.8) is 0 Å². The molecule has 2 aromatic rings. The zero-order valence-electron chi connectivity index (χ0n) is 12.1. The molecule has 2 aromatic carbocycles. The van der Waals surface area contributed by atoms with Gasteiger partial charge in [0.05, 0.1) is 6.42 Å². The molecule has 0 unspecified atom stereocenters. The van der Waals surface area contributed by atoms with Crippen molar-refractivity contribution in [3.05, 3.63) is 42.5 Å². The first-order valence-corrected chi connectivity index (χ1v) is 7.05. The summed E-state index contributed by atoms with van der Waals surface area (Å²) in [6, 6.07) is 14.0. The molecular weight excluding hydrogens is 250 g/mol. The van der Waals surface area contributed by atoms with Crippen molar-refractivity contribution in [2.45, 2.75) is 38.7 Å². The number of rotatable bonds is 6. The van der Waals surface area contributed by atoms with Crippen LogP contribution in [-0.4, -0.2) is 11.5 Å². The predicted molar refractivity (Wildman–Crippen MR) is 81.7 cm³/mol. The topological polar surface area (TPSA) is 52.3 Å². The largest absolute Gasteiger partial charge is 0.486 e. The lowest BCUT2D eigenvalue weighted by atomic mass is 9.92. The number of fused-ring (bicyclic) bond motifs is 1. The maximum atomic E-state index is 11.3. The number of hydrogen-bond donors (Lipinski definition) is 1. The molecule has 20 heavy (non-hydrogen) atoms. The van der Waals surface area contributed by atoms with E-state index in [9.17, 15) is 4.79 Å². The van der Waals surface area contributed by atoms with E-state index in [0.717, 1.165) is 29.4 Å². The third-order valence-electron chi connectivity index (χ3n) is 3.86. The van der Waals surface area contributed by atoms with E-state index in [1.165, 1.54) is 0 Å². The summed E-state index contributed by atoms with van der Waals surface area (Å²) in [5.41, 5.74) is 4.86. The number of ether oxygens (including phenoxy) is 1. The van der Waals surface area contributed by atoms with Crippen molar-refractivity contribution in [2.75, 3.05) is 0 Å². The molecule has 0 atom stereocenters. The Balaban J connectivity index is 2.40. The molecule has 0 saturated carbocycles. The molecule has 0 aliphatic rings. The van der Waals surface area contributed by atoms with Crippen LogP contribution in [0.3, 0.4) is 0 Å². The summed E-state index contributed by atoms with van der Waals surface area (Å²) < 4.78 is 6.22. The first-order valence-electron chi connectivity index (χ1n) is 7.05. The minimum absolute atomic E-state index is 0.239. The van der Waals surface area contributed by atoms with Crippen molar-refractivity contribution >= 4 is 16.7 Å². The SMILES string of the molecule is CCC(CC)(CC(N)=O)Oc1cccc2ccccc12. The smallest absolute Gasteiger partial charge is 0.221 e. The second-order valence-corrected chi connectivity index (χ2v) is 5.11. The van der Waals surface area contributed by atoms with Gasteiger partial charge in [-0.2, -0.15) is 0 Å². The van der Waals surface area contributed by atoms with Crippen LogP contribution in [0.1, 0.15) is 33.1 Å². The maximum Gasteiger partial charge on any atom is 0.221 e. The van der Waals surface area contributed by atoms with Crippen molar-refractivity contribution in [1.82, 2.24) is 0 Å². The Kier molecular flexibility index (Phi) is 4.28. The number of benzene rings is 2. The molecular formula is C17H21NO2. The molecule has 0 aliphatic carbocycles. The summed E-state index contributed by atoms with van der Waals surface area (Å²) >= 11 is 0. The van der Waals surface area contributed by atoms with Gasteiger partial charge in [-0.05, 0) is 24.3 Å². The Morgan fingerprint density at radius 2 is 1.75 bits per heavy atom. The number of amides is 1. The molecule has 0 heterocycles. The highest BCUT2D eigenvalue weighted by Gasteiger charge is 2.31. The number of primary amides is 1. The normalized spacial score (nSPS) is 11.5. The zero-order valence-corrected chi connectivity index (χ0v) is 12.1. The highest BCUT2D eigenvalue weighted by molar-refractivity contribution is 5.88. The highest BCUT2D eigenvalue weighted by atomic mass is 16.5. The van der Waals surface area contributed by atoms with Crippen LogP contribution in [0.25, 0.3) is 10.8 Å². The van der Waals surface area contributed by atoms with Crippen molar-refractivity contribution < 1.29 is 9.53 Å². The molecule has 2 N–H and O–H groups in total. The van der Waals surface area contributed by atoms with Crippen LogP contribution < -0.4 is 10.5 Å². The molecule has 0 spiro atoms. The van der Waals surface area contributed by atoms with E-state index in [2.05, 4.69) is 12.1 Å². The van der Waals surface area contributed by atoms with Crippen LogP contribution in [0.15, 0.2) is 42.5 Å². The summed E-state index contributed by atoms with van der Waals surface area (Å²) in [5, 5.41) is 2.19. The zero-order chi connectivity index (χ0) is 14.6. The summed E-state index contributed by atoms with van der Waals surface area (Å²) in [4.78, 5) is 11.3. The Morgan fingerprint density at radius 3 is 2.40 bits per heavy atom. The average Bonchev–Trinajstić information content (AvgIpc) is 2.46. The molecule has 106 valence electrons. The summed E-state index contributed by atoms with van der Waals surface area (Å²) in [6.45, 7) is 4.05. The number of nitrogens with two attached hydrogens (primary N) is 1. The Hall–Kier alpha value is -2.03. The molecule has 0 radical (unpaired) electrons. The van der Waals surface area contributed by atoms with Crippen LogP contribution in [0.2, 0.25) is 0 Å². The first kappa shape index (κ1) is 14.4. The summed E-state index contributed by atoms with van der Waals surface area (Å²) in [6.07, 6.45) is 1.73.